The minimum absolute atomic E-state index is 0.0432. The Bertz CT molecular complexity index is 2650. The number of morpholine rings is 1. The quantitative estimate of drug-likeness (QED) is 0.0989. The van der Waals surface area contributed by atoms with Crippen molar-refractivity contribution in [2.24, 2.45) is 5.92 Å². The average Bonchev–Trinajstić information content (AvgIpc) is 3.80. The highest BCUT2D eigenvalue weighted by molar-refractivity contribution is 6.12. The van der Waals surface area contributed by atoms with Gasteiger partial charge in [-0.1, -0.05) is 90.7 Å². The van der Waals surface area contributed by atoms with E-state index in [1.807, 2.05) is 144 Å². The number of fused-ring (bicyclic) bond motifs is 3. The van der Waals surface area contributed by atoms with Crippen LogP contribution >= 0.6 is 0 Å². The summed E-state index contributed by atoms with van der Waals surface area (Å²) in [4.78, 5) is 52.4. The van der Waals surface area contributed by atoms with Crippen molar-refractivity contribution >= 4 is 23.5 Å². The second-order valence-corrected chi connectivity index (χ2v) is 15.5. The third kappa shape index (κ3) is 7.33. The minimum atomic E-state index is -1.71. The number of methoxy groups -OCH3 is 1. The summed E-state index contributed by atoms with van der Waals surface area (Å²) < 4.78 is 17.8. The van der Waals surface area contributed by atoms with Gasteiger partial charge >= 0.3 is 5.97 Å². The summed E-state index contributed by atoms with van der Waals surface area (Å²) in [5.41, 5.74) is 3.72. The maximum atomic E-state index is 15.5. The molecule has 310 valence electrons. The van der Waals surface area contributed by atoms with Crippen LogP contribution in [0.25, 0.3) is 0 Å². The van der Waals surface area contributed by atoms with Crippen molar-refractivity contribution in [3.05, 3.63) is 191 Å². The molecule has 5 aromatic carbocycles. The van der Waals surface area contributed by atoms with Crippen LogP contribution in [0.3, 0.4) is 0 Å². The summed E-state index contributed by atoms with van der Waals surface area (Å²) >= 11 is 0. The zero-order valence-corrected chi connectivity index (χ0v) is 33.9. The Hall–Kier alpha value is -7.26. The summed E-state index contributed by atoms with van der Waals surface area (Å²) in [6.45, 7) is 0.0424. The number of nitrogens with zero attached hydrogens (tertiary/aromatic N) is 2. The molecule has 6 atom stereocenters. The van der Waals surface area contributed by atoms with Gasteiger partial charge in [-0.05, 0) is 89.0 Å². The number of cyclic esters (lactones) is 1. The Kier molecular flexibility index (Phi) is 11.3. The molecule has 11 nitrogen and oxygen atoms in total. The van der Waals surface area contributed by atoms with Crippen LogP contribution in [0.4, 0.5) is 5.69 Å². The number of esters is 1. The first kappa shape index (κ1) is 40.2. The maximum Gasteiger partial charge on any atom is 0.324 e. The molecule has 3 N–H and O–H groups in total. The first-order valence-electron chi connectivity index (χ1n) is 20.6. The van der Waals surface area contributed by atoms with E-state index in [2.05, 4.69) is 27.5 Å². The highest BCUT2D eigenvalue weighted by atomic mass is 16.6. The highest BCUT2D eigenvalue weighted by Crippen LogP contribution is 2.65. The van der Waals surface area contributed by atoms with Gasteiger partial charge in [-0.3, -0.25) is 24.3 Å². The number of amides is 2. The Morgan fingerprint density at radius 1 is 0.806 bits per heavy atom. The lowest BCUT2D eigenvalue weighted by atomic mass is 9.65. The smallest absolute Gasteiger partial charge is 0.324 e. The van der Waals surface area contributed by atoms with E-state index >= 15 is 14.4 Å². The molecule has 2 saturated heterocycles. The lowest BCUT2D eigenvalue weighted by molar-refractivity contribution is -0.178. The average molecular weight is 825 g/mol. The number of aromatic nitrogens is 1. The third-order valence-electron chi connectivity index (χ3n) is 12.0. The molecule has 62 heavy (non-hydrogen) atoms. The normalized spacial score (nSPS) is 22.4. The molecule has 0 radical (unpaired) electrons. The Morgan fingerprint density at radius 2 is 1.52 bits per heavy atom. The van der Waals surface area contributed by atoms with Gasteiger partial charge in [0.15, 0.2) is 0 Å². The highest BCUT2D eigenvalue weighted by Gasteiger charge is 2.74. The van der Waals surface area contributed by atoms with Crippen molar-refractivity contribution in [3.63, 3.8) is 0 Å². The van der Waals surface area contributed by atoms with Crippen LogP contribution in [0, 0.1) is 17.8 Å². The van der Waals surface area contributed by atoms with E-state index in [-0.39, 0.29) is 19.8 Å². The van der Waals surface area contributed by atoms with Gasteiger partial charge in [-0.15, -0.1) is 0 Å². The molecule has 11 heteroatoms. The zero-order chi connectivity index (χ0) is 42.6. The number of aliphatic hydroxyl groups is 1. The number of benzene rings is 5. The summed E-state index contributed by atoms with van der Waals surface area (Å²) in [7, 11) is 1.61. The molecular weight excluding hydrogens is 781 g/mol. The van der Waals surface area contributed by atoms with Crippen LogP contribution in [0.1, 0.15) is 57.3 Å². The number of carbonyl (C=O) groups is 3. The van der Waals surface area contributed by atoms with E-state index in [1.165, 1.54) is 0 Å². The van der Waals surface area contributed by atoms with Crippen molar-refractivity contribution in [1.29, 1.82) is 0 Å². The number of ether oxygens (including phenoxy) is 3. The summed E-state index contributed by atoms with van der Waals surface area (Å²) in [6.07, 6.45) is 1.31. The lowest BCUT2D eigenvalue weighted by Gasteiger charge is -2.46. The number of carbonyl (C=O) groups excluding carboxylic acids is 3. The monoisotopic (exact) mass is 824 g/mol. The topological polar surface area (TPSA) is 139 Å². The van der Waals surface area contributed by atoms with Crippen LogP contribution in [0.15, 0.2) is 152 Å². The van der Waals surface area contributed by atoms with Crippen molar-refractivity contribution in [3.8, 4) is 23.3 Å². The van der Waals surface area contributed by atoms with Crippen LogP contribution in [-0.2, 0) is 31.0 Å². The Morgan fingerprint density at radius 3 is 2.24 bits per heavy atom. The lowest BCUT2D eigenvalue weighted by Crippen LogP contribution is -2.55. The van der Waals surface area contributed by atoms with Crippen molar-refractivity contribution in [2.45, 2.75) is 36.1 Å². The van der Waals surface area contributed by atoms with Crippen molar-refractivity contribution < 1.29 is 33.7 Å². The fraction of sp³-hybridized carbons (Fsp3) is 0.216. The second kappa shape index (κ2) is 17.4. The van der Waals surface area contributed by atoms with E-state index in [4.69, 9.17) is 14.2 Å². The van der Waals surface area contributed by atoms with Crippen molar-refractivity contribution in [1.82, 2.24) is 15.2 Å². The molecular formula is C51H44N4O7. The van der Waals surface area contributed by atoms with E-state index < -0.39 is 53.3 Å². The molecule has 0 aliphatic carbocycles. The predicted molar refractivity (Wildman–Crippen MR) is 232 cm³/mol. The molecule has 6 aromatic rings. The first-order valence-corrected chi connectivity index (χ1v) is 20.6. The molecule has 4 heterocycles. The molecule has 1 aromatic heterocycles. The van der Waals surface area contributed by atoms with Crippen LogP contribution in [-0.4, -0.2) is 65.7 Å². The zero-order valence-electron chi connectivity index (χ0n) is 33.9. The molecule has 2 amide bonds. The van der Waals surface area contributed by atoms with Gasteiger partial charge in [-0.25, -0.2) is 0 Å². The third-order valence-corrected chi connectivity index (χ3v) is 12.0. The van der Waals surface area contributed by atoms with E-state index in [1.54, 1.807) is 19.4 Å². The molecule has 3 aliphatic rings. The molecule has 6 unspecified atom stereocenters. The minimum Gasteiger partial charge on any atom is -0.497 e. The predicted octanol–water partition coefficient (Wildman–Crippen LogP) is 6.49. The fourth-order valence-electron chi connectivity index (χ4n) is 9.40. The number of anilines is 1. The van der Waals surface area contributed by atoms with E-state index in [9.17, 15) is 5.11 Å². The largest absolute Gasteiger partial charge is 0.497 e. The molecule has 0 saturated carbocycles. The summed E-state index contributed by atoms with van der Waals surface area (Å²) in [6, 6.07) is 42.3. The SMILES string of the molecule is COc1ccc(C#Cc2ccc3c(c2)C2(C(=O)N3)C(C(=O)NCCc3ccccn3)C3C(=O)OC(c4ccccc4)C(c4ccccc4)N3C2c2cccc(OCCO)c2)cc1. The number of aliphatic hydroxyl groups excluding tert-OH is 1. The molecule has 9 rings (SSSR count). The summed E-state index contributed by atoms with van der Waals surface area (Å²) in [5.74, 6) is 4.85. The standard InChI is InChI=1S/C51H44N4O7/c1-60-39-23-20-33(21-24-39)18-19-34-22-25-42-41(31-34)51(50(59)54-42)43(48(57)53-28-26-38-16-8-9-27-52-38)45-49(58)62-46(36-13-6-3-7-14-36)44(35-11-4-2-5-12-35)55(45)47(51)37-15-10-17-40(32-37)61-30-29-56/h2-17,20-25,27,31-32,43-47,56H,26,28-30H2,1H3,(H,53,57)(H,54,59). The Labute approximate surface area is 359 Å². The van der Waals surface area contributed by atoms with Gasteiger partial charge in [-0.2, -0.15) is 0 Å². The molecule has 2 fully saturated rings. The van der Waals surface area contributed by atoms with Crippen LogP contribution in [0.5, 0.6) is 11.5 Å². The second-order valence-electron chi connectivity index (χ2n) is 15.5. The Balaban J connectivity index is 1.28. The van der Waals surface area contributed by atoms with Gasteiger partial charge in [0.05, 0.1) is 31.7 Å². The van der Waals surface area contributed by atoms with Gasteiger partial charge in [0.2, 0.25) is 11.8 Å². The van der Waals surface area contributed by atoms with Gasteiger partial charge in [0, 0.05) is 41.7 Å². The maximum absolute atomic E-state index is 15.5. The number of nitrogens with one attached hydrogen (secondary N) is 2. The molecule has 3 aliphatic heterocycles. The van der Waals surface area contributed by atoms with Crippen LogP contribution < -0.4 is 20.1 Å². The number of rotatable bonds is 11. The molecule has 0 bridgehead atoms. The van der Waals surface area contributed by atoms with Gasteiger partial charge < -0.3 is 30.0 Å². The van der Waals surface area contributed by atoms with E-state index in [0.29, 0.717) is 40.3 Å². The van der Waals surface area contributed by atoms with E-state index in [0.717, 1.165) is 22.4 Å². The summed E-state index contributed by atoms with van der Waals surface area (Å²) in [5, 5.41) is 16.0. The number of hydrogen-bond donors (Lipinski definition) is 3. The van der Waals surface area contributed by atoms with Gasteiger partial charge in [0.25, 0.3) is 0 Å². The number of pyridine rings is 1. The fourth-order valence-corrected chi connectivity index (χ4v) is 9.40. The first-order chi connectivity index (χ1) is 30.4. The molecule has 1 spiro atoms. The van der Waals surface area contributed by atoms with Crippen LogP contribution in [0.2, 0.25) is 0 Å². The van der Waals surface area contributed by atoms with Crippen molar-refractivity contribution in [2.75, 3.05) is 32.2 Å². The van der Waals surface area contributed by atoms with Gasteiger partial charge in [0.1, 0.15) is 35.7 Å². The number of hydrogen-bond acceptors (Lipinski definition) is 9.